The summed E-state index contributed by atoms with van der Waals surface area (Å²) in [5.74, 6) is -0.0361. The first-order valence-corrected chi connectivity index (χ1v) is 7.09. The second-order valence-corrected chi connectivity index (χ2v) is 5.52. The molecule has 0 bridgehead atoms. The maximum atomic E-state index is 13.4. The van der Waals surface area contributed by atoms with Crippen molar-refractivity contribution in [1.29, 1.82) is 0 Å². The van der Waals surface area contributed by atoms with Gasteiger partial charge >= 0.3 is 0 Å². The molecule has 102 valence electrons. The van der Waals surface area contributed by atoms with Crippen LogP contribution in [-0.4, -0.2) is 7.11 Å². The van der Waals surface area contributed by atoms with E-state index in [1.54, 1.807) is 23.5 Å². The van der Waals surface area contributed by atoms with E-state index in [1.807, 2.05) is 0 Å². The van der Waals surface area contributed by atoms with Gasteiger partial charge in [-0.3, -0.25) is 0 Å². The van der Waals surface area contributed by atoms with Gasteiger partial charge in [0.25, 0.3) is 0 Å². The Morgan fingerprint density at radius 1 is 1.37 bits per heavy atom. The van der Waals surface area contributed by atoms with Crippen LogP contribution in [0.3, 0.4) is 0 Å². The van der Waals surface area contributed by atoms with Gasteiger partial charge in [-0.2, -0.15) is 0 Å². The summed E-state index contributed by atoms with van der Waals surface area (Å²) in [6.45, 7) is 5.00. The summed E-state index contributed by atoms with van der Waals surface area (Å²) in [7, 11) is 1.48. The Labute approximate surface area is 117 Å². The molecule has 0 saturated heterocycles. The molecule has 2 nitrogen and oxygen atoms in total. The molecule has 1 atom stereocenters. The molecule has 2 rings (SSSR count). The Balaban J connectivity index is 2.03. The van der Waals surface area contributed by atoms with E-state index in [-0.39, 0.29) is 11.9 Å². The molecule has 1 aromatic carbocycles. The average Bonchev–Trinajstić information content (AvgIpc) is 2.82. The van der Waals surface area contributed by atoms with E-state index in [0.717, 1.165) is 12.1 Å². The number of hydrogen-bond donors (Lipinski definition) is 1. The molecule has 2 aromatic rings. The summed E-state index contributed by atoms with van der Waals surface area (Å²) < 4.78 is 18.4. The average molecular weight is 279 g/mol. The summed E-state index contributed by atoms with van der Waals surface area (Å²) in [5.41, 5.74) is 2.33. The van der Waals surface area contributed by atoms with Gasteiger partial charge in [0.2, 0.25) is 0 Å². The molecular formula is C15H18FNOS. The normalized spacial score (nSPS) is 12.4. The van der Waals surface area contributed by atoms with Crippen molar-refractivity contribution in [2.24, 2.45) is 0 Å². The van der Waals surface area contributed by atoms with Crippen molar-refractivity contribution in [3.63, 3.8) is 0 Å². The van der Waals surface area contributed by atoms with Crippen LogP contribution in [0.25, 0.3) is 0 Å². The molecule has 0 aliphatic rings. The second kappa shape index (κ2) is 6.17. The fourth-order valence-electron chi connectivity index (χ4n) is 1.89. The summed E-state index contributed by atoms with van der Waals surface area (Å²) in [4.78, 5) is 1.33. The van der Waals surface area contributed by atoms with Crippen LogP contribution >= 0.6 is 11.3 Å². The topological polar surface area (TPSA) is 21.3 Å². The fraction of sp³-hybridized carbons (Fsp3) is 0.333. The highest BCUT2D eigenvalue weighted by atomic mass is 32.1. The lowest BCUT2D eigenvalue weighted by atomic mass is 10.1. The molecule has 0 aliphatic heterocycles. The van der Waals surface area contributed by atoms with Crippen LogP contribution in [0.15, 0.2) is 29.6 Å². The summed E-state index contributed by atoms with van der Waals surface area (Å²) in [5, 5.41) is 5.54. The van der Waals surface area contributed by atoms with Crippen LogP contribution in [-0.2, 0) is 6.54 Å². The Hall–Kier alpha value is -1.39. The zero-order chi connectivity index (χ0) is 13.8. The molecule has 0 amide bonds. The number of benzene rings is 1. The standard InChI is InChI=1S/C15H18FNOS/c1-10-6-7-19-15(10)9-17-11(2)12-4-5-13(16)14(8-12)18-3/h4-8,11,17H,9H2,1-3H3. The van der Waals surface area contributed by atoms with Gasteiger partial charge in [-0.05, 0) is 48.6 Å². The first-order valence-electron chi connectivity index (χ1n) is 6.21. The first-order chi connectivity index (χ1) is 9.11. The number of rotatable bonds is 5. The van der Waals surface area contributed by atoms with Gasteiger partial charge in [0.05, 0.1) is 7.11 Å². The number of halogens is 1. The highest BCUT2D eigenvalue weighted by Gasteiger charge is 2.10. The quantitative estimate of drug-likeness (QED) is 0.891. The lowest BCUT2D eigenvalue weighted by molar-refractivity contribution is 0.385. The van der Waals surface area contributed by atoms with Crippen LogP contribution in [0.4, 0.5) is 4.39 Å². The Bertz CT molecular complexity index is 553. The van der Waals surface area contributed by atoms with Crippen molar-refractivity contribution in [2.45, 2.75) is 26.4 Å². The predicted molar refractivity (Wildman–Crippen MR) is 77.3 cm³/mol. The number of hydrogen-bond acceptors (Lipinski definition) is 3. The minimum Gasteiger partial charge on any atom is -0.494 e. The minimum atomic E-state index is -0.326. The molecule has 0 fully saturated rings. The van der Waals surface area contributed by atoms with Gasteiger partial charge in [-0.1, -0.05) is 6.07 Å². The van der Waals surface area contributed by atoms with E-state index in [4.69, 9.17) is 4.74 Å². The van der Waals surface area contributed by atoms with Crippen LogP contribution in [0.1, 0.15) is 29.0 Å². The highest BCUT2D eigenvalue weighted by molar-refractivity contribution is 7.10. The lowest BCUT2D eigenvalue weighted by Crippen LogP contribution is -2.18. The van der Waals surface area contributed by atoms with Crippen LogP contribution in [0.5, 0.6) is 5.75 Å². The SMILES string of the molecule is COc1cc(C(C)NCc2sccc2C)ccc1F. The summed E-state index contributed by atoms with van der Waals surface area (Å²) >= 11 is 1.75. The van der Waals surface area contributed by atoms with Crippen LogP contribution < -0.4 is 10.1 Å². The van der Waals surface area contributed by atoms with Crippen LogP contribution in [0, 0.1) is 12.7 Å². The van der Waals surface area contributed by atoms with E-state index in [9.17, 15) is 4.39 Å². The molecule has 1 N–H and O–H groups in total. The highest BCUT2D eigenvalue weighted by Crippen LogP contribution is 2.23. The van der Waals surface area contributed by atoms with E-state index < -0.39 is 0 Å². The molecule has 1 aromatic heterocycles. The van der Waals surface area contributed by atoms with E-state index >= 15 is 0 Å². The van der Waals surface area contributed by atoms with E-state index in [1.165, 1.54) is 23.6 Å². The molecule has 1 unspecified atom stereocenters. The van der Waals surface area contributed by atoms with Gasteiger partial charge in [0, 0.05) is 17.5 Å². The van der Waals surface area contributed by atoms with Gasteiger partial charge < -0.3 is 10.1 Å². The van der Waals surface area contributed by atoms with E-state index in [2.05, 4.69) is 30.6 Å². The third-order valence-corrected chi connectivity index (χ3v) is 4.24. The molecule has 19 heavy (non-hydrogen) atoms. The van der Waals surface area contributed by atoms with Gasteiger partial charge in [-0.15, -0.1) is 11.3 Å². The molecule has 4 heteroatoms. The third-order valence-electron chi connectivity index (χ3n) is 3.21. The molecule has 1 heterocycles. The molecular weight excluding hydrogens is 261 g/mol. The van der Waals surface area contributed by atoms with Gasteiger partial charge in [0.1, 0.15) is 0 Å². The zero-order valence-corrected chi connectivity index (χ0v) is 12.2. The number of nitrogens with one attached hydrogen (secondary N) is 1. The molecule has 0 saturated carbocycles. The smallest absolute Gasteiger partial charge is 0.165 e. The Morgan fingerprint density at radius 2 is 2.16 bits per heavy atom. The second-order valence-electron chi connectivity index (χ2n) is 4.52. The fourth-order valence-corrected chi connectivity index (χ4v) is 2.75. The summed E-state index contributed by atoms with van der Waals surface area (Å²) in [6, 6.07) is 7.25. The number of thiophene rings is 1. The van der Waals surface area contributed by atoms with Crippen molar-refractivity contribution in [3.05, 3.63) is 51.5 Å². The van der Waals surface area contributed by atoms with Crippen molar-refractivity contribution in [2.75, 3.05) is 7.11 Å². The number of aryl methyl sites for hydroxylation is 1. The zero-order valence-electron chi connectivity index (χ0n) is 11.4. The van der Waals surface area contributed by atoms with Gasteiger partial charge in [-0.25, -0.2) is 4.39 Å². The van der Waals surface area contributed by atoms with Gasteiger partial charge in [0.15, 0.2) is 11.6 Å². The maximum absolute atomic E-state index is 13.4. The molecule has 0 radical (unpaired) electrons. The van der Waals surface area contributed by atoms with Crippen molar-refractivity contribution >= 4 is 11.3 Å². The first kappa shape index (κ1) is 14.0. The Kier molecular flexibility index (Phi) is 4.56. The largest absolute Gasteiger partial charge is 0.494 e. The Morgan fingerprint density at radius 3 is 2.79 bits per heavy atom. The third kappa shape index (κ3) is 3.33. The molecule has 0 aliphatic carbocycles. The van der Waals surface area contributed by atoms with E-state index in [0.29, 0.717) is 5.75 Å². The number of methoxy groups -OCH3 is 1. The maximum Gasteiger partial charge on any atom is 0.165 e. The monoisotopic (exact) mass is 279 g/mol. The van der Waals surface area contributed by atoms with Crippen molar-refractivity contribution < 1.29 is 9.13 Å². The van der Waals surface area contributed by atoms with Crippen molar-refractivity contribution in [1.82, 2.24) is 5.32 Å². The van der Waals surface area contributed by atoms with Crippen molar-refractivity contribution in [3.8, 4) is 5.75 Å². The lowest BCUT2D eigenvalue weighted by Gasteiger charge is -2.15. The van der Waals surface area contributed by atoms with Crippen LogP contribution in [0.2, 0.25) is 0 Å². The summed E-state index contributed by atoms with van der Waals surface area (Å²) in [6.07, 6.45) is 0. The minimum absolute atomic E-state index is 0.149. The predicted octanol–water partition coefficient (Wildman–Crippen LogP) is 4.06. The number of ether oxygens (including phenoxy) is 1. The molecule has 0 spiro atoms.